The highest BCUT2D eigenvalue weighted by Gasteiger charge is 2.44. The summed E-state index contributed by atoms with van der Waals surface area (Å²) in [6.07, 6.45) is 0. The standard InChI is InChI=1S/C18H6F9S.C18H8F7S.2C18H9F6S.C18H10F5S/c19-7-1-8(20)4-11(3-7)28(12-5-9(21)2-10(22)6-12)18-16(26)14(24)13(23)15(25)17(18)27;19-9-1-10(20)4-13(3-9)26(14-5-11(21)2-12(22)6-14)15-7-16(23)18(25)17(24)8-15;19-10-1-11(20)5-16(4-10)25(17-6-12(21)2-13(22)7-17)18-8-14(23)3-15(24)9-18;19-10-1-2-18(17(24)9-10)25(15-5-11(20)3-12(21)6-15)16-7-13(22)4-14(23)8-16;19-11-1-3-16(4-2-11)24(17-7-12(20)5-13(21)8-17)18-9-14(22)6-15(23)10-18/h1-6H;1-8H;2*1-9H;1-10H/q5*+1. The molecule has 0 aliphatic heterocycles. The molecule has 0 unspecified atom stereocenters. The minimum Gasteiger partial charge on any atom is -0.207 e. The van der Waals surface area contributed by atoms with Gasteiger partial charge in [0.2, 0.25) is 38.9 Å². The van der Waals surface area contributed by atoms with Crippen molar-refractivity contribution >= 4 is 54.5 Å². The summed E-state index contributed by atoms with van der Waals surface area (Å²) < 4.78 is 450. The monoisotopic (exact) mass is 1910 g/mol. The van der Waals surface area contributed by atoms with Gasteiger partial charge in [0.1, 0.15) is 161 Å². The maximum absolute atomic E-state index is 14.3. The summed E-state index contributed by atoms with van der Waals surface area (Å²) in [4.78, 5) is -2.51. The van der Waals surface area contributed by atoms with E-state index in [4.69, 9.17) is 0 Å². The van der Waals surface area contributed by atoms with Gasteiger partial charge in [-0.25, -0.2) is 136 Å². The molecule has 38 heteroatoms. The summed E-state index contributed by atoms with van der Waals surface area (Å²) >= 11 is 0. The molecule has 15 rings (SSSR count). The van der Waals surface area contributed by atoms with E-state index in [2.05, 4.69) is 0 Å². The first-order valence-corrected chi connectivity index (χ1v) is 41.2. The Labute approximate surface area is 715 Å². The summed E-state index contributed by atoms with van der Waals surface area (Å²) in [7, 11) is -8.44. The van der Waals surface area contributed by atoms with Gasteiger partial charge in [0.25, 0.3) is 0 Å². The topological polar surface area (TPSA) is 0 Å². The van der Waals surface area contributed by atoms with E-state index >= 15 is 0 Å². The van der Waals surface area contributed by atoms with E-state index < -0.39 is 261 Å². The van der Waals surface area contributed by atoms with E-state index in [0.717, 1.165) is 121 Å². The van der Waals surface area contributed by atoms with Crippen LogP contribution in [0.3, 0.4) is 0 Å². The summed E-state index contributed by atoms with van der Waals surface area (Å²) in [5, 5.41) is 0. The van der Waals surface area contributed by atoms with Crippen molar-refractivity contribution in [3.05, 3.63) is 447 Å². The molecule has 0 nitrogen and oxygen atoms in total. The van der Waals surface area contributed by atoms with Crippen molar-refractivity contribution in [3.8, 4) is 0 Å². The van der Waals surface area contributed by atoms with Gasteiger partial charge in [0, 0.05) is 224 Å². The molecule has 0 saturated heterocycles. The maximum Gasteiger partial charge on any atom is 0.243 e. The first kappa shape index (κ1) is 96.4. The smallest absolute Gasteiger partial charge is 0.207 e. The van der Waals surface area contributed by atoms with Crippen molar-refractivity contribution in [3.63, 3.8) is 0 Å². The predicted molar refractivity (Wildman–Crippen MR) is 406 cm³/mol. The van der Waals surface area contributed by atoms with Crippen LogP contribution >= 0.6 is 0 Å². The first-order valence-electron chi connectivity index (χ1n) is 35.1. The molecule has 0 bridgehead atoms. The second-order valence-corrected chi connectivity index (χ2v) is 35.9. The minimum absolute atomic E-state index is 0.00694. The van der Waals surface area contributed by atoms with Crippen LogP contribution in [0, 0.1) is 192 Å². The lowest BCUT2D eigenvalue weighted by Crippen LogP contribution is -2.15. The van der Waals surface area contributed by atoms with Crippen molar-refractivity contribution in [2.45, 2.75) is 73.4 Å². The number of halogens is 33. The molecule has 658 valence electrons. The fraction of sp³-hybridized carbons (Fsp3) is 0. The van der Waals surface area contributed by atoms with E-state index in [9.17, 15) is 145 Å². The first-order chi connectivity index (χ1) is 60.4. The molecular weight excluding hydrogens is 1870 g/mol. The maximum atomic E-state index is 14.3. The summed E-state index contributed by atoms with van der Waals surface area (Å²) in [5.74, 6) is -40.0. The lowest BCUT2D eigenvalue weighted by molar-refractivity contribution is 0.360. The zero-order valence-electron chi connectivity index (χ0n) is 62.8. The highest BCUT2D eigenvalue weighted by Crippen LogP contribution is 2.42. The van der Waals surface area contributed by atoms with Crippen molar-refractivity contribution in [2.75, 3.05) is 0 Å². The number of rotatable bonds is 15. The van der Waals surface area contributed by atoms with E-state index in [-0.39, 0.29) is 53.9 Å². The Balaban J connectivity index is 0.000000155. The molecule has 15 aromatic carbocycles. The molecule has 15 aromatic rings. The Kier molecular flexibility index (Phi) is 31.4. The van der Waals surface area contributed by atoms with Crippen molar-refractivity contribution in [1.82, 2.24) is 0 Å². The molecule has 0 radical (unpaired) electrons. The summed E-state index contributed by atoms with van der Waals surface area (Å²) in [6, 6.07) is 35.2. The molecule has 0 fully saturated rings. The molecule has 0 spiro atoms. The average Bonchev–Trinajstić information content (AvgIpc) is 0.761. The van der Waals surface area contributed by atoms with Crippen molar-refractivity contribution in [2.24, 2.45) is 0 Å². The second-order valence-electron chi connectivity index (χ2n) is 25.8. The fourth-order valence-corrected chi connectivity index (χ4v) is 22.6. The highest BCUT2D eigenvalue weighted by atomic mass is 32.2. The van der Waals surface area contributed by atoms with Crippen LogP contribution in [-0.2, 0) is 54.5 Å². The van der Waals surface area contributed by atoms with Crippen LogP contribution in [0.5, 0.6) is 0 Å². The molecule has 0 aromatic heterocycles. The number of hydrogen-bond acceptors (Lipinski definition) is 0. The van der Waals surface area contributed by atoms with Gasteiger partial charge in [-0.15, -0.1) is 0 Å². The van der Waals surface area contributed by atoms with Crippen molar-refractivity contribution in [1.29, 1.82) is 0 Å². The van der Waals surface area contributed by atoms with Crippen LogP contribution in [0.1, 0.15) is 0 Å². The second kappa shape index (κ2) is 41.7. The van der Waals surface area contributed by atoms with Crippen LogP contribution in [0.4, 0.5) is 145 Å². The van der Waals surface area contributed by atoms with Gasteiger partial charge in [-0.05, 0) is 30.3 Å². The normalized spacial score (nSPS) is 11.2. The summed E-state index contributed by atoms with van der Waals surface area (Å²) in [5.41, 5.74) is 0. The third-order valence-electron chi connectivity index (χ3n) is 16.5. The molecular formula is C90H42F33S5+5. The van der Waals surface area contributed by atoms with Gasteiger partial charge in [0.05, 0.1) is 32.7 Å². The lowest BCUT2D eigenvalue weighted by Gasteiger charge is -2.11. The van der Waals surface area contributed by atoms with Gasteiger partial charge in [0.15, 0.2) is 86.9 Å². The van der Waals surface area contributed by atoms with Crippen LogP contribution in [0.25, 0.3) is 0 Å². The highest BCUT2D eigenvalue weighted by molar-refractivity contribution is 7.98. The van der Waals surface area contributed by atoms with E-state index in [1.165, 1.54) is 24.3 Å². The van der Waals surface area contributed by atoms with Crippen molar-refractivity contribution < 1.29 is 145 Å². The van der Waals surface area contributed by atoms with Crippen LogP contribution in [-0.4, -0.2) is 0 Å². The third-order valence-corrected chi connectivity index (χ3v) is 27.3. The Morgan fingerprint density at radius 2 is 0.281 bits per heavy atom. The molecule has 0 aliphatic carbocycles. The zero-order chi connectivity index (χ0) is 93.3. The van der Waals surface area contributed by atoms with Crippen LogP contribution in [0.2, 0.25) is 0 Å². The van der Waals surface area contributed by atoms with Crippen LogP contribution < -0.4 is 0 Å². The number of benzene rings is 15. The van der Waals surface area contributed by atoms with Gasteiger partial charge >= 0.3 is 0 Å². The molecule has 128 heavy (non-hydrogen) atoms. The fourth-order valence-electron chi connectivity index (χ4n) is 11.7. The SMILES string of the molecule is Fc1cc(F)cc([S+](c2cc(F)cc(F)c2)c2c(F)c(F)c(F)c(F)c2F)c1.Fc1cc(F)cc([S+](c2cc(F)cc(F)c2)c2cc(F)c(F)c(F)c2)c1.Fc1cc(F)cc([S+](c2cc(F)cc(F)c2)c2cc(F)cc(F)c2)c1.Fc1cc(F)cc([S+](c2cc(F)cc(F)c2)c2ccc(F)cc2F)c1.Fc1ccc([S+](c2cc(F)cc(F)c2)c2cc(F)cc(F)c2)cc1. The van der Waals surface area contributed by atoms with Gasteiger partial charge in [-0.3, -0.25) is 0 Å². The third kappa shape index (κ3) is 24.5. The zero-order valence-corrected chi connectivity index (χ0v) is 66.8. The number of hydrogen-bond donors (Lipinski definition) is 0. The van der Waals surface area contributed by atoms with E-state index in [1.807, 2.05) is 0 Å². The minimum atomic E-state index is -2.46. The Morgan fingerprint density at radius 3 is 0.492 bits per heavy atom. The van der Waals surface area contributed by atoms with E-state index in [1.54, 1.807) is 0 Å². The molecule has 0 aliphatic rings. The molecule has 0 saturated carbocycles. The quantitative estimate of drug-likeness (QED) is 0.0415. The van der Waals surface area contributed by atoms with Crippen LogP contribution in [0.15, 0.2) is 328 Å². The Bertz CT molecular complexity index is 6060. The molecule has 0 heterocycles. The molecule has 0 atom stereocenters. The van der Waals surface area contributed by atoms with Gasteiger partial charge in [-0.1, -0.05) is 0 Å². The predicted octanol–water partition coefficient (Wildman–Crippen LogP) is 28.5. The van der Waals surface area contributed by atoms with Gasteiger partial charge < -0.3 is 0 Å². The largest absolute Gasteiger partial charge is 0.243 e. The molecule has 0 amide bonds. The Morgan fingerprint density at radius 1 is 0.109 bits per heavy atom. The Hall–Kier alpha value is -12.3. The average molecular weight is 1910 g/mol. The summed E-state index contributed by atoms with van der Waals surface area (Å²) in [6.45, 7) is 0. The van der Waals surface area contributed by atoms with E-state index in [0.29, 0.717) is 114 Å². The van der Waals surface area contributed by atoms with Gasteiger partial charge in [-0.2, -0.15) is 8.78 Å². The molecule has 0 N–H and O–H groups in total. The lowest BCUT2D eigenvalue weighted by atomic mass is 10.3.